The molecule has 2 rings (SSSR count). The molecule has 0 radical (unpaired) electrons. The minimum absolute atomic E-state index is 0.0315. The largest absolute Gasteiger partial charge is 0.356 e. The predicted octanol–water partition coefficient (Wildman–Crippen LogP) is 1.55. The zero-order valence-corrected chi connectivity index (χ0v) is 17.3. The second kappa shape index (κ2) is 9.67. The smallest absolute Gasteiger partial charge is 0.312 e. The summed E-state index contributed by atoms with van der Waals surface area (Å²) in [4.78, 5) is 23.6. The van der Waals surface area contributed by atoms with Gasteiger partial charge in [-0.1, -0.05) is 40.2 Å². The Hall–Kier alpha value is -2.43. The number of halogens is 1. The van der Waals surface area contributed by atoms with Gasteiger partial charge in [-0.3, -0.25) is 4.79 Å². The van der Waals surface area contributed by atoms with Crippen LogP contribution in [0.15, 0.2) is 57.9 Å². The van der Waals surface area contributed by atoms with Gasteiger partial charge in [0.25, 0.3) is 0 Å². The van der Waals surface area contributed by atoms with Crippen molar-refractivity contribution in [3.63, 3.8) is 0 Å². The number of nitrogens with two attached hydrogens (primary N) is 2. The molecule has 28 heavy (non-hydrogen) atoms. The van der Waals surface area contributed by atoms with Gasteiger partial charge in [0, 0.05) is 11.0 Å². The molecule has 1 atom stereocenters. The van der Waals surface area contributed by atoms with Crippen LogP contribution in [0.4, 0.5) is 4.79 Å². The fourth-order valence-corrected chi connectivity index (χ4v) is 3.53. The van der Waals surface area contributed by atoms with Gasteiger partial charge in [0.15, 0.2) is 0 Å². The third kappa shape index (κ3) is 6.95. The molecule has 0 fully saturated rings. The molecular formula is C18H21BrN4O4S. The van der Waals surface area contributed by atoms with Crippen LogP contribution in [-0.4, -0.2) is 26.9 Å². The van der Waals surface area contributed by atoms with Crippen LogP contribution in [0.3, 0.4) is 0 Å². The highest BCUT2D eigenvalue weighted by Gasteiger charge is 2.17. The van der Waals surface area contributed by atoms with Gasteiger partial charge in [-0.05, 0) is 41.8 Å². The molecule has 8 nitrogen and oxygen atoms in total. The number of hydrogen-bond acceptors (Lipinski definition) is 4. The highest BCUT2D eigenvalue weighted by molar-refractivity contribution is 9.10. The number of nitrogens with one attached hydrogen (secondary N) is 2. The van der Waals surface area contributed by atoms with E-state index < -0.39 is 22.1 Å². The molecule has 0 heterocycles. The number of urea groups is 1. The minimum atomic E-state index is -3.72. The summed E-state index contributed by atoms with van der Waals surface area (Å²) in [5.74, 6) is -0.250. The molecule has 2 aromatic rings. The van der Waals surface area contributed by atoms with E-state index in [0.717, 1.165) is 15.6 Å². The van der Waals surface area contributed by atoms with Gasteiger partial charge in [0.2, 0.25) is 15.9 Å². The van der Waals surface area contributed by atoms with Crippen LogP contribution in [0, 0.1) is 0 Å². The number of primary sulfonamides is 1. The van der Waals surface area contributed by atoms with E-state index in [1.54, 1.807) is 30.3 Å². The van der Waals surface area contributed by atoms with E-state index in [-0.39, 0.29) is 17.2 Å². The van der Waals surface area contributed by atoms with Crippen molar-refractivity contribution in [1.29, 1.82) is 0 Å². The van der Waals surface area contributed by atoms with E-state index in [2.05, 4.69) is 26.6 Å². The molecule has 6 N–H and O–H groups in total. The molecule has 0 aliphatic heterocycles. The Labute approximate surface area is 171 Å². The molecule has 150 valence electrons. The maximum absolute atomic E-state index is 12.3. The monoisotopic (exact) mass is 468 g/mol. The molecule has 0 aliphatic carbocycles. The van der Waals surface area contributed by atoms with Gasteiger partial charge in [0.05, 0.1) is 17.4 Å². The van der Waals surface area contributed by atoms with Crippen LogP contribution in [0.1, 0.15) is 23.6 Å². The summed E-state index contributed by atoms with van der Waals surface area (Å²) in [5.41, 5.74) is 6.82. The topological polar surface area (TPSA) is 144 Å². The lowest BCUT2D eigenvalue weighted by atomic mass is 10.0. The predicted molar refractivity (Wildman–Crippen MR) is 109 cm³/mol. The number of amides is 3. The van der Waals surface area contributed by atoms with Crippen LogP contribution < -0.4 is 21.5 Å². The lowest BCUT2D eigenvalue weighted by Crippen LogP contribution is -2.37. The fourth-order valence-electron chi connectivity index (χ4n) is 2.60. The first kappa shape index (κ1) is 21.9. The lowest BCUT2D eigenvalue weighted by Gasteiger charge is -2.18. The lowest BCUT2D eigenvalue weighted by molar-refractivity contribution is -0.121. The quantitative estimate of drug-likeness (QED) is 0.465. The van der Waals surface area contributed by atoms with Gasteiger partial charge in [-0.25, -0.2) is 18.4 Å². The molecule has 1 unspecified atom stereocenters. The van der Waals surface area contributed by atoms with Gasteiger partial charge < -0.3 is 16.4 Å². The summed E-state index contributed by atoms with van der Waals surface area (Å²) in [7, 11) is -3.72. The van der Waals surface area contributed by atoms with Crippen molar-refractivity contribution >= 4 is 37.9 Å². The van der Waals surface area contributed by atoms with Crippen molar-refractivity contribution < 1.29 is 18.0 Å². The molecule has 2 aromatic carbocycles. The average molecular weight is 469 g/mol. The number of primary amides is 1. The van der Waals surface area contributed by atoms with Crippen LogP contribution in [0.25, 0.3) is 0 Å². The van der Waals surface area contributed by atoms with Crippen molar-refractivity contribution in [2.24, 2.45) is 10.9 Å². The van der Waals surface area contributed by atoms with Gasteiger partial charge in [-0.2, -0.15) is 0 Å². The number of sulfonamides is 1. The zero-order valence-electron chi connectivity index (χ0n) is 14.9. The molecular weight excluding hydrogens is 448 g/mol. The summed E-state index contributed by atoms with van der Waals surface area (Å²) >= 11 is 3.36. The van der Waals surface area contributed by atoms with Crippen molar-refractivity contribution in [2.75, 3.05) is 6.54 Å². The standard InChI is InChI=1S/C18H21BrN4O4S/c19-14-3-1-2-13(10-14)16(23-18(20)25)11-17(24)22-9-8-12-4-6-15(7-5-12)28(21,26)27/h1-7,10,16H,8-9,11H2,(H,22,24)(H3,20,23,25)(H2,21,26,27). The summed E-state index contributed by atoms with van der Waals surface area (Å²) in [6, 6.07) is 12.1. The molecule has 3 amide bonds. The first-order chi connectivity index (χ1) is 13.1. The van der Waals surface area contributed by atoms with Gasteiger partial charge in [-0.15, -0.1) is 0 Å². The highest BCUT2D eigenvalue weighted by Crippen LogP contribution is 2.21. The van der Waals surface area contributed by atoms with E-state index >= 15 is 0 Å². The Morgan fingerprint density at radius 1 is 1.11 bits per heavy atom. The third-order valence-electron chi connectivity index (χ3n) is 3.94. The highest BCUT2D eigenvalue weighted by atomic mass is 79.9. The molecule has 0 saturated heterocycles. The average Bonchev–Trinajstić information content (AvgIpc) is 2.60. The maximum atomic E-state index is 12.3. The zero-order chi connectivity index (χ0) is 20.7. The Bertz CT molecular complexity index is 948. The van der Waals surface area contributed by atoms with Crippen LogP contribution in [0.2, 0.25) is 0 Å². The summed E-state index contributed by atoms with van der Waals surface area (Å²) < 4.78 is 23.3. The third-order valence-corrected chi connectivity index (χ3v) is 5.37. The second-order valence-electron chi connectivity index (χ2n) is 6.11. The number of benzene rings is 2. The first-order valence-electron chi connectivity index (χ1n) is 8.35. The number of hydrogen-bond donors (Lipinski definition) is 4. The van der Waals surface area contributed by atoms with Gasteiger partial charge >= 0.3 is 6.03 Å². The SMILES string of the molecule is NC(=O)NC(CC(=O)NCCc1ccc(S(N)(=O)=O)cc1)c1cccc(Br)c1. The van der Waals surface area contributed by atoms with Gasteiger partial charge in [0.1, 0.15) is 0 Å². The second-order valence-corrected chi connectivity index (χ2v) is 8.59. The van der Waals surface area contributed by atoms with Crippen molar-refractivity contribution in [2.45, 2.75) is 23.8 Å². The maximum Gasteiger partial charge on any atom is 0.312 e. The molecule has 0 spiro atoms. The molecule has 0 bridgehead atoms. The van der Waals surface area contributed by atoms with E-state index in [1.807, 2.05) is 6.07 Å². The van der Waals surface area contributed by atoms with E-state index in [9.17, 15) is 18.0 Å². The number of carbonyl (C=O) groups excluding carboxylic acids is 2. The van der Waals surface area contributed by atoms with Crippen LogP contribution in [-0.2, 0) is 21.2 Å². The van der Waals surface area contributed by atoms with E-state index in [4.69, 9.17) is 10.9 Å². The van der Waals surface area contributed by atoms with E-state index in [1.165, 1.54) is 12.1 Å². The van der Waals surface area contributed by atoms with Crippen molar-refractivity contribution in [1.82, 2.24) is 10.6 Å². The summed E-state index contributed by atoms with van der Waals surface area (Å²) in [5, 5.41) is 10.4. The van der Waals surface area contributed by atoms with Crippen molar-refractivity contribution in [3.8, 4) is 0 Å². The number of rotatable bonds is 8. The number of carbonyl (C=O) groups is 2. The normalized spacial score (nSPS) is 12.2. The molecule has 0 saturated carbocycles. The van der Waals surface area contributed by atoms with Crippen LogP contribution >= 0.6 is 15.9 Å². The summed E-state index contributed by atoms with van der Waals surface area (Å²) in [6.07, 6.45) is 0.547. The Morgan fingerprint density at radius 3 is 2.36 bits per heavy atom. The Balaban J connectivity index is 1.91. The summed E-state index contributed by atoms with van der Waals surface area (Å²) in [6.45, 7) is 0.356. The minimum Gasteiger partial charge on any atom is -0.356 e. The first-order valence-corrected chi connectivity index (χ1v) is 10.7. The fraction of sp³-hybridized carbons (Fsp3) is 0.222. The van der Waals surface area contributed by atoms with E-state index in [0.29, 0.717) is 13.0 Å². The molecule has 0 aromatic heterocycles. The van der Waals surface area contributed by atoms with Crippen LogP contribution in [0.5, 0.6) is 0 Å². The van der Waals surface area contributed by atoms with Crippen molar-refractivity contribution in [3.05, 3.63) is 64.1 Å². The Kier molecular flexibility index (Phi) is 7.55. The Morgan fingerprint density at radius 2 is 1.79 bits per heavy atom. The molecule has 10 heteroatoms. The molecule has 0 aliphatic rings.